The van der Waals surface area contributed by atoms with Crippen LogP contribution in [0.2, 0.25) is 0 Å². The molecular weight excluding hydrogens is 290 g/mol. The summed E-state index contributed by atoms with van der Waals surface area (Å²) in [6, 6.07) is 4.93. The second kappa shape index (κ2) is 6.33. The molecule has 114 valence electrons. The van der Waals surface area contributed by atoms with Crippen molar-refractivity contribution in [2.45, 2.75) is 24.8 Å². The summed E-state index contributed by atoms with van der Waals surface area (Å²) in [7, 11) is -1.76. The zero-order chi connectivity index (χ0) is 15.5. The van der Waals surface area contributed by atoms with Gasteiger partial charge in [0, 0.05) is 26.6 Å². The molecular formula is C13H19N5O2S. The highest BCUT2D eigenvalue weighted by molar-refractivity contribution is 7.89. The summed E-state index contributed by atoms with van der Waals surface area (Å²) in [5, 5.41) is 4.10. The number of nitrogens with two attached hydrogens (primary N) is 1. The Hall–Kier alpha value is -1.77. The van der Waals surface area contributed by atoms with Gasteiger partial charge in [-0.15, -0.1) is 0 Å². The molecule has 0 aliphatic rings. The van der Waals surface area contributed by atoms with Crippen LogP contribution in [-0.4, -0.2) is 29.7 Å². The maximum Gasteiger partial charge on any atom is 0.240 e. The Balaban J connectivity index is 2.02. The molecule has 0 aliphatic carbocycles. The molecule has 3 N–H and O–H groups in total. The molecule has 1 aromatic carbocycles. The number of aromatic nitrogens is 3. The van der Waals surface area contributed by atoms with E-state index in [4.69, 9.17) is 5.73 Å². The molecule has 2 rings (SSSR count). The van der Waals surface area contributed by atoms with Crippen molar-refractivity contribution in [1.29, 1.82) is 0 Å². The van der Waals surface area contributed by atoms with E-state index < -0.39 is 10.0 Å². The van der Waals surface area contributed by atoms with Crippen LogP contribution in [0.25, 0.3) is 0 Å². The number of nitrogens with zero attached hydrogens (tertiary/aromatic N) is 3. The molecule has 0 amide bonds. The summed E-state index contributed by atoms with van der Waals surface area (Å²) in [5.41, 5.74) is 7.38. The van der Waals surface area contributed by atoms with Gasteiger partial charge in [0.1, 0.15) is 6.33 Å². The molecule has 0 radical (unpaired) electrons. The van der Waals surface area contributed by atoms with Gasteiger partial charge in [0.05, 0.1) is 4.90 Å². The number of hydrogen-bond donors (Lipinski definition) is 2. The van der Waals surface area contributed by atoms with Crippen molar-refractivity contribution in [3.8, 4) is 0 Å². The van der Waals surface area contributed by atoms with Gasteiger partial charge in [-0.2, -0.15) is 5.10 Å². The second-order valence-corrected chi connectivity index (χ2v) is 6.54. The Labute approximate surface area is 124 Å². The zero-order valence-corrected chi connectivity index (χ0v) is 12.9. The van der Waals surface area contributed by atoms with E-state index in [1.54, 1.807) is 36.3 Å². The van der Waals surface area contributed by atoms with Crippen molar-refractivity contribution in [1.82, 2.24) is 19.5 Å². The highest BCUT2D eigenvalue weighted by atomic mass is 32.2. The third-order valence-corrected chi connectivity index (χ3v) is 4.59. The maximum atomic E-state index is 12.2. The van der Waals surface area contributed by atoms with Gasteiger partial charge in [-0.05, 0) is 30.2 Å². The van der Waals surface area contributed by atoms with Crippen molar-refractivity contribution >= 4 is 10.0 Å². The third kappa shape index (κ3) is 3.87. The molecule has 1 heterocycles. The number of rotatable bonds is 6. The van der Waals surface area contributed by atoms with Gasteiger partial charge in [0.15, 0.2) is 5.82 Å². The second-order valence-electron chi connectivity index (χ2n) is 4.77. The highest BCUT2D eigenvalue weighted by Gasteiger charge is 2.14. The smallest absolute Gasteiger partial charge is 0.240 e. The van der Waals surface area contributed by atoms with Crippen LogP contribution >= 0.6 is 0 Å². The van der Waals surface area contributed by atoms with E-state index in [1.807, 2.05) is 6.92 Å². The van der Waals surface area contributed by atoms with Crippen molar-refractivity contribution in [3.05, 3.63) is 41.5 Å². The monoisotopic (exact) mass is 309 g/mol. The third-order valence-electron chi connectivity index (χ3n) is 3.13. The minimum absolute atomic E-state index is 0.242. The predicted octanol–water partition coefficient (Wildman–Crippen LogP) is 0.103. The minimum Gasteiger partial charge on any atom is -0.326 e. The molecule has 0 bridgehead atoms. The molecule has 1 aromatic heterocycles. The van der Waals surface area contributed by atoms with Crippen molar-refractivity contribution < 1.29 is 8.42 Å². The molecule has 2 aromatic rings. The Morgan fingerprint density at radius 1 is 1.38 bits per heavy atom. The summed E-state index contributed by atoms with van der Waals surface area (Å²) >= 11 is 0. The quantitative estimate of drug-likeness (QED) is 0.788. The predicted molar refractivity (Wildman–Crippen MR) is 79.0 cm³/mol. The van der Waals surface area contributed by atoms with Gasteiger partial charge in [-0.3, -0.25) is 4.68 Å². The summed E-state index contributed by atoms with van der Waals surface area (Å²) in [6.07, 6.45) is 2.03. The standard InChI is InChI=1S/C13H19N5O2S/c1-10-7-12(4-3-11(10)8-14)21(19,20)16-6-5-13-15-9-18(2)17-13/h3-4,7,9,16H,5-6,8,14H2,1-2H3. The number of hydrogen-bond acceptors (Lipinski definition) is 5. The van der Waals surface area contributed by atoms with Gasteiger partial charge in [-0.25, -0.2) is 18.1 Å². The van der Waals surface area contributed by atoms with Crippen LogP contribution in [0.1, 0.15) is 17.0 Å². The van der Waals surface area contributed by atoms with Gasteiger partial charge < -0.3 is 5.73 Å². The van der Waals surface area contributed by atoms with Crippen LogP contribution in [0, 0.1) is 6.92 Å². The SMILES string of the molecule is Cc1cc(S(=O)(=O)NCCc2ncn(C)n2)ccc1CN. The fourth-order valence-electron chi connectivity index (χ4n) is 1.94. The van der Waals surface area contributed by atoms with Crippen molar-refractivity contribution in [3.63, 3.8) is 0 Å². The first-order chi connectivity index (χ1) is 9.92. The van der Waals surface area contributed by atoms with Gasteiger partial charge in [-0.1, -0.05) is 6.07 Å². The first-order valence-electron chi connectivity index (χ1n) is 6.56. The van der Waals surface area contributed by atoms with Gasteiger partial charge >= 0.3 is 0 Å². The fraction of sp³-hybridized carbons (Fsp3) is 0.385. The van der Waals surface area contributed by atoms with Crippen LogP contribution in [0.15, 0.2) is 29.4 Å². The summed E-state index contributed by atoms with van der Waals surface area (Å²) in [4.78, 5) is 4.29. The Morgan fingerprint density at radius 3 is 2.71 bits per heavy atom. The van der Waals surface area contributed by atoms with E-state index in [0.717, 1.165) is 11.1 Å². The lowest BCUT2D eigenvalue weighted by molar-refractivity contribution is 0.580. The first kappa shape index (κ1) is 15.6. The summed E-state index contributed by atoms with van der Waals surface area (Å²) in [6.45, 7) is 2.49. The molecule has 0 spiro atoms. The Morgan fingerprint density at radius 2 is 2.14 bits per heavy atom. The van der Waals surface area contributed by atoms with E-state index >= 15 is 0 Å². The van der Waals surface area contributed by atoms with Crippen molar-refractivity contribution in [2.75, 3.05) is 6.54 Å². The minimum atomic E-state index is -3.52. The largest absolute Gasteiger partial charge is 0.326 e. The lowest BCUT2D eigenvalue weighted by Crippen LogP contribution is -2.26. The number of aryl methyl sites for hydroxylation is 2. The zero-order valence-electron chi connectivity index (χ0n) is 12.1. The molecule has 0 fully saturated rings. The topological polar surface area (TPSA) is 103 Å². The van der Waals surface area contributed by atoms with E-state index in [0.29, 0.717) is 18.8 Å². The molecule has 0 atom stereocenters. The summed E-state index contributed by atoms with van der Waals surface area (Å²) < 4.78 is 28.5. The van der Waals surface area contributed by atoms with Crippen LogP contribution in [0.3, 0.4) is 0 Å². The summed E-state index contributed by atoms with van der Waals surface area (Å²) in [5.74, 6) is 0.606. The molecule has 0 saturated heterocycles. The van der Waals surface area contributed by atoms with Crippen LogP contribution < -0.4 is 10.5 Å². The fourth-order valence-corrected chi connectivity index (χ4v) is 3.06. The van der Waals surface area contributed by atoms with Crippen LogP contribution in [-0.2, 0) is 30.0 Å². The maximum absolute atomic E-state index is 12.2. The molecule has 0 unspecified atom stereocenters. The van der Waals surface area contributed by atoms with E-state index in [-0.39, 0.29) is 11.4 Å². The van der Waals surface area contributed by atoms with E-state index in [2.05, 4.69) is 14.8 Å². The number of nitrogens with one attached hydrogen (secondary N) is 1. The van der Waals surface area contributed by atoms with Gasteiger partial charge in [0.2, 0.25) is 10.0 Å². The molecule has 0 saturated carbocycles. The Kier molecular flexibility index (Phi) is 4.71. The normalized spacial score (nSPS) is 11.8. The number of sulfonamides is 1. The highest BCUT2D eigenvalue weighted by Crippen LogP contribution is 2.15. The molecule has 8 heteroatoms. The van der Waals surface area contributed by atoms with Crippen molar-refractivity contribution in [2.24, 2.45) is 12.8 Å². The number of benzene rings is 1. The Bertz CT molecular complexity index is 724. The first-order valence-corrected chi connectivity index (χ1v) is 8.04. The van der Waals surface area contributed by atoms with Gasteiger partial charge in [0.25, 0.3) is 0 Å². The average molecular weight is 309 g/mol. The molecule has 21 heavy (non-hydrogen) atoms. The molecule has 0 aliphatic heterocycles. The van der Waals surface area contributed by atoms with E-state index in [9.17, 15) is 8.42 Å². The van der Waals surface area contributed by atoms with Crippen LogP contribution in [0.4, 0.5) is 0 Å². The van der Waals surface area contributed by atoms with Crippen LogP contribution in [0.5, 0.6) is 0 Å². The average Bonchev–Trinajstić information content (AvgIpc) is 2.84. The van der Waals surface area contributed by atoms with E-state index in [1.165, 1.54) is 0 Å². The lowest BCUT2D eigenvalue weighted by atomic mass is 10.1. The lowest BCUT2D eigenvalue weighted by Gasteiger charge is -2.09. The molecule has 7 nitrogen and oxygen atoms in total.